The largest absolute Gasteiger partial charge is 0.465 e. The SMILES string of the molecule is CCCCCCCOC(=O)C1C2CCC(O2)C1C=O. The highest BCUT2D eigenvalue weighted by Crippen LogP contribution is 2.42. The van der Waals surface area contributed by atoms with E-state index in [1.807, 2.05) is 0 Å². The third-order valence-corrected chi connectivity index (χ3v) is 4.25. The second kappa shape index (κ2) is 7.04. The molecule has 19 heavy (non-hydrogen) atoms. The summed E-state index contributed by atoms with van der Waals surface area (Å²) in [5.74, 6) is -0.877. The van der Waals surface area contributed by atoms with Gasteiger partial charge in [-0.05, 0) is 19.3 Å². The van der Waals surface area contributed by atoms with Gasteiger partial charge in [0.15, 0.2) is 0 Å². The zero-order valence-electron chi connectivity index (χ0n) is 11.7. The van der Waals surface area contributed by atoms with Crippen LogP contribution in [0.1, 0.15) is 51.9 Å². The Hall–Kier alpha value is -0.900. The Morgan fingerprint density at radius 1 is 1.21 bits per heavy atom. The van der Waals surface area contributed by atoms with E-state index in [1.165, 1.54) is 19.3 Å². The summed E-state index contributed by atoms with van der Waals surface area (Å²) in [6, 6.07) is 0. The van der Waals surface area contributed by atoms with E-state index in [2.05, 4.69) is 6.92 Å². The monoisotopic (exact) mass is 268 g/mol. The molecule has 0 amide bonds. The molecular weight excluding hydrogens is 244 g/mol. The van der Waals surface area contributed by atoms with E-state index < -0.39 is 0 Å². The minimum Gasteiger partial charge on any atom is -0.465 e. The maximum Gasteiger partial charge on any atom is 0.312 e. The van der Waals surface area contributed by atoms with Crippen LogP contribution in [0.5, 0.6) is 0 Å². The summed E-state index contributed by atoms with van der Waals surface area (Å²) in [6.07, 6.45) is 8.17. The van der Waals surface area contributed by atoms with E-state index in [4.69, 9.17) is 9.47 Å². The van der Waals surface area contributed by atoms with Crippen LogP contribution in [-0.2, 0) is 19.1 Å². The van der Waals surface area contributed by atoms with Crippen LogP contribution in [-0.4, -0.2) is 31.1 Å². The summed E-state index contributed by atoms with van der Waals surface area (Å²) in [7, 11) is 0. The first-order valence-corrected chi connectivity index (χ1v) is 7.55. The van der Waals surface area contributed by atoms with Crippen molar-refractivity contribution in [2.24, 2.45) is 11.8 Å². The lowest BCUT2D eigenvalue weighted by atomic mass is 9.80. The molecule has 2 bridgehead atoms. The van der Waals surface area contributed by atoms with Crippen LogP contribution >= 0.6 is 0 Å². The molecule has 2 heterocycles. The minimum atomic E-state index is -0.355. The number of unbranched alkanes of at least 4 members (excludes halogenated alkanes) is 4. The molecular formula is C15H24O4. The van der Waals surface area contributed by atoms with Crippen LogP contribution in [0, 0.1) is 11.8 Å². The first-order valence-electron chi connectivity index (χ1n) is 7.55. The Morgan fingerprint density at radius 2 is 1.95 bits per heavy atom. The molecule has 0 N–H and O–H groups in total. The van der Waals surface area contributed by atoms with Gasteiger partial charge in [-0.2, -0.15) is 0 Å². The first kappa shape index (κ1) is 14.5. The second-order valence-electron chi connectivity index (χ2n) is 5.61. The number of carbonyl (C=O) groups is 2. The van der Waals surface area contributed by atoms with Gasteiger partial charge in [0.25, 0.3) is 0 Å². The van der Waals surface area contributed by atoms with E-state index in [1.54, 1.807) is 0 Å². The summed E-state index contributed by atoms with van der Waals surface area (Å²) >= 11 is 0. The molecule has 4 nitrogen and oxygen atoms in total. The number of fused-ring (bicyclic) bond motifs is 2. The van der Waals surface area contributed by atoms with Gasteiger partial charge in [0.2, 0.25) is 0 Å². The number of aldehydes is 1. The second-order valence-corrected chi connectivity index (χ2v) is 5.61. The molecule has 4 unspecified atom stereocenters. The van der Waals surface area contributed by atoms with Crippen molar-refractivity contribution in [1.82, 2.24) is 0 Å². The van der Waals surface area contributed by atoms with E-state index in [9.17, 15) is 9.59 Å². The van der Waals surface area contributed by atoms with Crippen molar-refractivity contribution in [3.05, 3.63) is 0 Å². The van der Waals surface area contributed by atoms with Crippen LogP contribution in [0.2, 0.25) is 0 Å². The van der Waals surface area contributed by atoms with Crippen LogP contribution in [0.3, 0.4) is 0 Å². The molecule has 4 atom stereocenters. The van der Waals surface area contributed by atoms with Crippen LogP contribution in [0.15, 0.2) is 0 Å². The minimum absolute atomic E-state index is 0.0513. The Kier molecular flexibility index (Phi) is 5.37. The Morgan fingerprint density at radius 3 is 2.68 bits per heavy atom. The fourth-order valence-electron chi connectivity index (χ4n) is 3.17. The Balaban J connectivity index is 1.69. The van der Waals surface area contributed by atoms with Crippen molar-refractivity contribution < 1.29 is 19.1 Å². The van der Waals surface area contributed by atoms with Crippen molar-refractivity contribution in [3.63, 3.8) is 0 Å². The maximum atomic E-state index is 12.0. The van der Waals surface area contributed by atoms with Gasteiger partial charge >= 0.3 is 5.97 Å². The topological polar surface area (TPSA) is 52.6 Å². The van der Waals surface area contributed by atoms with Gasteiger partial charge in [0, 0.05) is 0 Å². The fourth-order valence-corrected chi connectivity index (χ4v) is 3.17. The summed E-state index contributed by atoms with van der Waals surface area (Å²) in [4.78, 5) is 23.1. The molecule has 108 valence electrons. The number of hydrogen-bond acceptors (Lipinski definition) is 4. The summed E-state index contributed by atoms with van der Waals surface area (Å²) in [5.41, 5.74) is 0. The zero-order chi connectivity index (χ0) is 13.7. The van der Waals surface area contributed by atoms with E-state index >= 15 is 0 Å². The number of hydrogen-bond donors (Lipinski definition) is 0. The average Bonchev–Trinajstić information content (AvgIpc) is 3.02. The number of esters is 1. The van der Waals surface area contributed by atoms with Crippen LogP contribution in [0.4, 0.5) is 0 Å². The summed E-state index contributed by atoms with van der Waals surface area (Å²) in [5, 5.41) is 0. The predicted octanol–water partition coefficient (Wildman–Crippen LogP) is 2.49. The van der Waals surface area contributed by atoms with Gasteiger partial charge in [-0.15, -0.1) is 0 Å². The van der Waals surface area contributed by atoms with Crippen LogP contribution < -0.4 is 0 Å². The van der Waals surface area contributed by atoms with Crippen molar-refractivity contribution in [1.29, 1.82) is 0 Å². The molecule has 0 aromatic carbocycles. The highest BCUT2D eigenvalue weighted by atomic mass is 16.5. The highest BCUT2D eigenvalue weighted by Gasteiger charge is 2.52. The van der Waals surface area contributed by atoms with Gasteiger partial charge in [-0.1, -0.05) is 32.6 Å². The summed E-state index contributed by atoms with van der Waals surface area (Å²) < 4.78 is 10.9. The van der Waals surface area contributed by atoms with E-state index in [0.717, 1.165) is 32.0 Å². The average molecular weight is 268 g/mol. The Bertz CT molecular complexity index is 315. The zero-order valence-corrected chi connectivity index (χ0v) is 11.7. The van der Waals surface area contributed by atoms with Gasteiger partial charge in [0.05, 0.1) is 30.7 Å². The van der Waals surface area contributed by atoms with Crippen molar-refractivity contribution in [2.75, 3.05) is 6.61 Å². The van der Waals surface area contributed by atoms with Crippen molar-refractivity contribution in [3.8, 4) is 0 Å². The molecule has 0 spiro atoms. The third kappa shape index (κ3) is 3.35. The van der Waals surface area contributed by atoms with Crippen molar-refractivity contribution >= 4 is 12.3 Å². The predicted molar refractivity (Wildman–Crippen MR) is 70.7 cm³/mol. The normalized spacial score (nSPS) is 32.5. The number of rotatable bonds is 8. The highest BCUT2D eigenvalue weighted by molar-refractivity contribution is 5.78. The summed E-state index contributed by atoms with van der Waals surface area (Å²) in [6.45, 7) is 2.65. The molecule has 0 radical (unpaired) electrons. The maximum absolute atomic E-state index is 12.0. The van der Waals surface area contributed by atoms with Crippen molar-refractivity contribution in [2.45, 2.75) is 64.1 Å². The molecule has 4 heteroatoms. The standard InChI is InChI=1S/C15H24O4/c1-2-3-4-5-6-9-18-15(17)14-11(10-16)12-7-8-13(14)19-12/h10-14H,2-9H2,1H3. The molecule has 0 aromatic heterocycles. The molecule has 2 rings (SSSR count). The Labute approximate surface area is 114 Å². The number of ether oxygens (including phenoxy) is 2. The first-order chi connectivity index (χ1) is 9.27. The lowest BCUT2D eigenvalue weighted by Gasteiger charge is -2.22. The fraction of sp³-hybridized carbons (Fsp3) is 0.867. The lowest BCUT2D eigenvalue weighted by Crippen LogP contribution is -2.35. The van der Waals surface area contributed by atoms with Gasteiger partial charge < -0.3 is 14.3 Å². The molecule has 0 aromatic rings. The quantitative estimate of drug-likeness (QED) is 0.385. The van der Waals surface area contributed by atoms with Crippen LogP contribution in [0.25, 0.3) is 0 Å². The van der Waals surface area contributed by atoms with Gasteiger partial charge in [0.1, 0.15) is 6.29 Å². The molecule has 0 aliphatic carbocycles. The molecule has 2 aliphatic rings. The molecule has 2 aliphatic heterocycles. The molecule has 2 fully saturated rings. The van der Waals surface area contributed by atoms with E-state index in [0.29, 0.717) is 6.61 Å². The van der Waals surface area contributed by atoms with E-state index in [-0.39, 0.29) is 30.0 Å². The molecule has 0 saturated carbocycles. The third-order valence-electron chi connectivity index (χ3n) is 4.25. The van der Waals surface area contributed by atoms with Gasteiger partial charge in [-0.25, -0.2) is 0 Å². The number of carbonyl (C=O) groups excluding carboxylic acids is 2. The molecule has 2 saturated heterocycles. The van der Waals surface area contributed by atoms with Gasteiger partial charge in [-0.3, -0.25) is 4.79 Å². The lowest BCUT2D eigenvalue weighted by molar-refractivity contribution is -0.152. The smallest absolute Gasteiger partial charge is 0.312 e.